The van der Waals surface area contributed by atoms with Crippen molar-refractivity contribution in [2.24, 2.45) is 0 Å². The summed E-state index contributed by atoms with van der Waals surface area (Å²) in [6, 6.07) is -1.13. The molecule has 0 aromatic heterocycles. The van der Waals surface area contributed by atoms with Crippen LogP contribution in [0.2, 0.25) is 0 Å². The van der Waals surface area contributed by atoms with Gasteiger partial charge in [0.15, 0.2) is 6.29 Å². The van der Waals surface area contributed by atoms with E-state index in [9.17, 15) is 38.7 Å². The molecular weight excluding hydrogens is 743 g/mol. The Morgan fingerprint density at radius 3 is 1.71 bits per heavy atom. The van der Waals surface area contributed by atoms with E-state index in [-0.39, 0.29) is 6.42 Å². The summed E-state index contributed by atoms with van der Waals surface area (Å²) in [5.74, 6) is -0.713. The lowest BCUT2D eigenvalue weighted by Crippen LogP contribution is -2.61. The monoisotopic (exact) mass is 822 g/mol. The average molecular weight is 822 g/mol. The normalized spacial score (nSPS) is 22.2. The summed E-state index contributed by atoms with van der Waals surface area (Å²) in [5, 5.41) is 55.0. The molecule has 13 nitrogen and oxygen atoms in total. The fraction of sp³-hybridized carbons (Fsp3) is 0.881. The van der Waals surface area contributed by atoms with Crippen molar-refractivity contribution in [1.82, 2.24) is 5.32 Å². The molecule has 0 aromatic carbocycles. The smallest absolute Gasteiger partial charge is 0.394 e. The highest BCUT2D eigenvalue weighted by atomic mass is 32.3. The number of aliphatic hydroxyl groups excluding tert-OH is 5. The number of amides is 1. The van der Waals surface area contributed by atoms with E-state index in [0.29, 0.717) is 12.8 Å². The fourth-order valence-electron chi connectivity index (χ4n) is 6.83. The number of carbonyl (C=O) groups excluding carboxylic acids is 1. The molecule has 0 radical (unpaired) electrons. The number of hydrogen-bond acceptors (Lipinski definition) is 11. The first-order chi connectivity index (χ1) is 26.9. The van der Waals surface area contributed by atoms with Crippen LogP contribution in [0.25, 0.3) is 0 Å². The maximum absolute atomic E-state index is 13.1. The largest absolute Gasteiger partial charge is 0.397 e. The van der Waals surface area contributed by atoms with Crippen molar-refractivity contribution in [1.29, 1.82) is 0 Å². The van der Waals surface area contributed by atoms with Crippen molar-refractivity contribution >= 4 is 16.3 Å². The highest BCUT2D eigenvalue weighted by Gasteiger charge is 2.48. The minimum Gasteiger partial charge on any atom is -0.394 e. The molecule has 1 saturated heterocycles. The van der Waals surface area contributed by atoms with Gasteiger partial charge in [0, 0.05) is 0 Å². The van der Waals surface area contributed by atoms with Crippen LogP contribution >= 0.6 is 0 Å². The number of carbonyl (C=O) groups is 1. The maximum atomic E-state index is 13.1. The Balaban J connectivity index is 2.66. The lowest BCUT2D eigenvalue weighted by Gasteiger charge is -2.41. The van der Waals surface area contributed by atoms with E-state index in [1.54, 1.807) is 6.08 Å². The Morgan fingerprint density at radius 1 is 0.714 bits per heavy atom. The fourth-order valence-corrected chi connectivity index (χ4v) is 7.34. The lowest BCUT2D eigenvalue weighted by molar-refractivity contribution is -0.298. The van der Waals surface area contributed by atoms with Crippen molar-refractivity contribution in [3.8, 4) is 0 Å². The van der Waals surface area contributed by atoms with Gasteiger partial charge >= 0.3 is 10.4 Å². The first-order valence-corrected chi connectivity index (χ1v) is 23.2. The van der Waals surface area contributed by atoms with Gasteiger partial charge in [-0.15, -0.1) is 0 Å². The van der Waals surface area contributed by atoms with Crippen LogP contribution in [0.3, 0.4) is 0 Å². The molecule has 56 heavy (non-hydrogen) atoms. The zero-order valence-electron chi connectivity index (χ0n) is 34.6. The van der Waals surface area contributed by atoms with E-state index >= 15 is 0 Å². The topological polar surface area (TPSA) is 212 Å². The molecule has 1 aliphatic heterocycles. The highest BCUT2D eigenvalue weighted by Crippen LogP contribution is 2.26. The van der Waals surface area contributed by atoms with Gasteiger partial charge in [-0.2, -0.15) is 8.42 Å². The third kappa shape index (κ3) is 25.8. The standard InChI is InChI=1S/C42H79NO12S/c1-3-5-7-9-11-13-15-17-19-20-22-24-26-28-30-35(45)34(33-53-42-39(48)40(55-56(50,51)52)38(47)37(32-44)54-42)43-41(49)36(46)31-29-27-25-23-21-18-16-14-12-10-8-6-4-2/h20,22,28,30,34-40,42,44-48H,3-19,21,23-27,29,31-33H2,1-2H3,(H,43,49)(H,50,51,52)/b22-20+,30-28+. The summed E-state index contributed by atoms with van der Waals surface area (Å²) in [7, 11) is -5.12. The second-order valence-electron chi connectivity index (χ2n) is 15.4. The zero-order valence-corrected chi connectivity index (χ0v) is 35.4. The Bertz CT molecular complexity index is 1120. The molecule has 1 heterocycles. The number of unbranched alkanes of at least 4 members (excludes halogenated alkanes) is 21. The van der Waals surface area contributed by atoms with E-state index in [4.69, 9.17) is 14.0 Å². The van der Waals surface area contributed by atoms with Crippen LogP contribution in [0, 0.1) is 0 Å². The van der Waals surface area contributed by atoms with E-state index in [2.05, 4.69) is 35.5 Å². The predicted molar refractivity (Wildman–Crippen MR) is 219 cm³/mol. The summed E-state index contributed by atoms with van der Waals surface area (Å²) < 4.78 is 47.4. The van der Waals surface area contributed by atoms with Gasteiger partial charge in [-0.25, -0.2) is 4.18 Å². The Kier molecular flexibility index (Phi) is 31.3. The summed E-state index contributed by atoms with van der Waals surface area (Å²) in [6.45, 7) is 3.17. The van der Waals surface area contributed by atoms with Crippen LogP contribution in [-0.4, -0.2) is 107 Å². The summed E-state index contributed by atoms with van der Waals surface area (Å²) in [6.07, 6.45) is 24.1. The number of aliphatic hydroxyl groups is 5. The van der Waals surface area contributed by atoms with Gasteiger partial charge in [0.2, 0.25) is 5.91 Å². The molecule has 1 fully saturated rings. The summed E-state index contributed by atoms with van der Waals surface area (Å²) in [4.78, 5) is 13.1. The Morgan fingerprint density at radius 2 is 1.20 bits per heavy atom. The van der Waals surface area contributed by atoms with Gasteiger partial charge in [0.05, 0.1) is 25.4 Å². The van der Waals surface area contributed by atoms with Crippen LogP contribution in [0.1, 0.15) is 174 Å². The molecule has 8 atom stereocenters. The Labute approximate surface area is 338 Å². The number of nitrogens with one attached hydrogen (secondary N) is 1. The van der Waals surface area contributed by atoms with Crippen LogP contribution in [0.5, 0.6) is 0 Å². The number of rotatable bonds is 36. The van der Waals surface area contributed by atoms with Gasteiger partial charge < -0.3 is 40.3 Å². The van der Waals surface area contributed by atoms with Crippen LogP contribution in [0.4, 0.5) is 0 Å². The van der Waals surface area contributed by atoms with E-state index < -0.39 is 78.5 Å². The molecule has 0 aromatic rings. The van der Waals surface area contributed by atoms with Gasteiger partial charge in [-0.1, -0.05) is 167 Å². The first kappa shape index (κ1) is 52.6. The minimum atomic E-state index is -5.12. The van der Waals surface area contributed by atoms with Crippen molar-refractivity contribution in [3.63, 3.8) is 0 Å². The van der Waals surface area contributed by atoms with E-state index in [1.807, 2.05) is 0 Å². The summed E-state index contributed by atoms with van der Waals surface area (Å²) in [5.41, 5.74) is 0. The molecular formula is C42H79NO12S. The second kappa shape index (κ2) is 33.4. The van der Waals surface area contributed by atoms with Crippen LogP contribution < -0.4 is 5.32 Å². The molecule has 1 aliphatic rings. The molecule has 0 spiro atoms. The van der Waals surface area contributed by atoms with Crippen molar-refractivity contribution < 1.29 is 57.0 Å². The second-order valence-corrected chi connectivity index (χ2v) is 16.5. The summed E-state index contributed by atoms with van der Waals surface area (Å²) >= 11 is 0. The third-order valence-corrected chi connectivity index (χ3v) is 10.8. The van der Waals surface area contributed by atoms with Gasteiger partial charge in [-0.05, 0) is 32.1 Å². The third-order valence-electron chi connectivity index (χ3n) is 10.3. The number of allylic oxidation sites excluding steroid dienone is 3. The molecule has 14 heteroatoms. The van der Waals surface area contributed by atoms with E-state index in [0.717, 1.165) is 38.5 Å². The van der Waals surface area contributed by atoms with Gasteiger partial charge in [-0.3, -0.25) is 9.35 Å². The zero-order chi connectivity index (χ0) is 41.4. The Hall–Kier alpha value is -1.46. The van der Waals surface area contributed by atoms with E-state index in [1.165, 1.54) is 109 Å². The van der Waals surface area contributed by atoms with Crippen molar-refractivity contribution in [3.05, 3.63) is 24.3 Å². The highest BCUT2D eigenvalue weighted by molar-refractivity contribution is 7.80. The number of hydrogen-bond donors (Lipinski definition) is 7. The van der Waals surface area contributed by atoms with Crippen LogP contribution in [-0.2, 0) is 28.9 Å². The maximum Gasteiger partial charge on any atom is 0.397 e. The molecule has 8 unspecified atom stereocenters. The molecule has 0 aliphatic carbocycles. The SMILES string of the molecule is CCCCCCCCCC/C=C/CC/C=C/C(O)C(COC1OC(CO)C(O)C(OS(=O)(=O)O)C1O)NC(=O)C(O)CCCCCCCCCCCCCCC. The molecule has 0 bridgehead atoms. The lowest BCUT2D eigenvalue weighted by atomic mass is 9.99. The molecule has 7 N–H and O–H groups in total. The van der Waals surface area contributed by atoms with Crippen molar-refractivity contribution in [2.75, 3.05) is 13.2 Å². The quantitative estimate of drug-likeness (QED) is 0.0199. The molecule has 0 saturated carbocycles. The van der Waals surface area contributed by atoms with Gasteiger partial charge in [0.1, 0.15) is 30.5 Å². The first-order valence-electron chi connectivity index (χ1n) is 21.8. The molecule has 1 amide bonds. The number of ether oxygens (including phenoxy) is 2. The van der Waals surface area contributed by atoms with Crippen molar-refractivity contribution in [2.45, 2.75) is 223 Å². The predicted octanol–water partition coefficient (Wildman–Crippen LogP) is 6.74. The van der Waals surface area contributed by atoms with Gasteiger partial charge in [0.25, 0.3) is 0 Å². The minimum absolute atomic E-state index is 0.240. The average Bonchev–Trinajstić information content (AvgIpc) is 3.16. The van der Waals surface area contributed by atoms with Crippen LogP contribution in [0.15, 0.2) is 24.3 Å². The molecule has 1 rings (SSSR count). The molecule has 330 valence electrons.